The van der Waals surface area contributed by atoms with E-state index in [2.05, 4.69) is 6.92 Å². The third-order valence-electron chi connectivity index (χ3n) is 2.50. The molecule has 0 amide bonds. The Morgan fingerprint density at radius 3 is 2.83 bits per heavy atom. The standard InChI is InChI=1S/C13H17ClFNO2/c1-2-3-4-5-9(17)8-18-13-7-12(16)11(15)6-10(13)14/h6-7H,2-5,8,16H2,1H3. The summed E-state index contributed by atoms with van der Waals surface area (Å²) in [5.41, 5.74) is 5.35. The first kappa shape index (κ1) is 14.8. The first-order chi connectivity index (χ1) is 8.54. The molecule has 5 heteroatoms. The van der Waals surface area contributed by atoms with Crippen LogP contribution in [-0.4, -0.2) is 12.4 Å². The second-order valence-electron chi connectivity index (χ2n) is 4.09. The lowest BCUT2D eigenvalue weighted by Gasteiger charge is -2.08. The molecule has 0 fully saturated rings. The van der Waals surface area contributed by atoms with E-state index in [4.69, 9.17) is 22.1 Å². The van der Waals surface area contributed by atoms with Crippen molar-refractivity contribution in [1.82, 2.24) is 0 Å². The van der Waals surface area contributed by atoms with E-state index in [0.717, 1.165) is 25.3 Å². The Labute approximate surface area is 111 Å². The van der Waals surface area contributed by atoms with E-state index in [9.17, 15) is 9.18 Å². The lowest BCUT2D eigenvalue weighted by atomic mass is 10.1. The molecular formula is C13H17ClFNO2. The van der Waals surface area contributed by atoms with Gasteiger partial charge >= 0.3 is 0 Å². The van der Waals surface area contributed by atoms with Crippen LogP contribution >= 0.6 is 11.6 Å². The van der Waals surface area contributed by atoms with Crippen molar-refractivity contribution in [3.63, 3.8) is 0 Å². The molecule has 0 saturated heterocycles. The number of Topliss-reactive ketones (excluding diaryl/α,β-unsaturated/α-hetero) is 1. The Balaban J connectivity index is 2.48. The zero-order valence-electron chi connectivity index (χ0n) is 10.3. The average Bonchev–Trinajstić information content (AvgIpc) is 2.32. The molecule has 0 aliphatic heterocycles. The van der Waals surface area contributed by atoms with Gasteiger partial charge in [-0.1, -0.05) is 31.4 Å². The Hall–Kier alpha value is -1.29. The van der Waals surface area contributed by atoms with Crippen molar-refractivity contribution < 1.29 is 13.9 Å². The molecule has 0 bridgehead atoms. The second-order valence-corrected chi connectivity index (χ2v) is 4.50. The van der Waals surface area contributed by atoms with E-state index < -0.39 is 5.82 Å². The highest BCUT2D eigenvalue weighted by Gasteiger charge is 2.09. The van der Waals surface area contributed by atoms with Crippen LogP contribution in [0.5, 0.6) is 5.75 Å². The molecule has 0 saturated carbocycles. The summed E-state index contributed by atoms with van der Waals surface area (Å²) in [6, 6.07) is 2.37. The van der Waals surface area contributed by atoms with E-state index in [1.807, 2.05) is 0 Å². The van der Waals surface area contributed by atoms with Gasteiger partial charge in [0.25, 0.3) is 0 Å². The number of carbonyl (C=O) groups is 1. The van der Waals surface area contributed by atoms with Crippen LogP contribution in [0.25, 0.3) is 0 Å². The summed E-state index contributed by atoms with van der Waals surface area (Å²) in [5.74, 6) is -0.358. The third-order valence-corrected chi connectivity index (χ3v) is 2.79. The van der Waals surface area contributed by atoms with Gasteiger partial charge in [0.2, 0.25) is 0 Å². The number of anilines is 1. The van der Waals surface area contributed by atoms with Crippen molar-refractivity contribution in [1.29, 1.82) is 0 Å². The van der Waals surface area contributed by atoms with Gasteiger partial charge in [0.15, 0.2) is 5.78 Å². The molecule has 2 N–H and O–H groups in total. The third kappa shape index (κ3) is 4.53. The molecule has 3 nitrogen and oxygen atoms in total. The minimum atomic E-state index is -0.596. The number of unbranched alkanes of at least 4 members (excludes halogenated alkanes) is 2. The van der Waals surface area contributed by atoms with Crippen molar-refractivity contribution in [2.45, 2.75) is 32.6 Å². The zero-order valence-corrected chi connectivity index (χ0v) is 11.1. The van der Waals surface area contributed by atoms with Crippen LogP contribution in [0.3, 0.4) is 0 Å². The summed E-state index contributed by atoms with van der Waals surface area (Å²) in [4.78, 5) is 11.5. The molecule has 0 aliphatic rings. The van der Waals surface area contributed by atoms with E-state index >= 15 is 0 Å². The van der Waals surface area contributed by atoms with Gasteiger partial charge in [0.1, 0.15) is 18.2 Å². The summed E-state index contributed by atoms with van der Waals surface area (Å²) in [5, 5.41) is 0.114. The fourth-order valence-corrected chi connectivity index (χ4v) is 1.66. The summed E-state index contributed by atoms with van der Waals surface area (Å²) < 4.78 is 18.3. The van der Waals surface area contributed by atoms with Gasteiger partial charge in [-0.2, -0.15) is 0 Å². The van der Waals surface area contributed by atoms with Gasteiger partial charge in [0, 0.05) is 12.5 Å². The molecule has 1 aromatic rings. The maximum absolute atomic E-state index is 13.0. The number of benzene rings is 1. The number of ketones is 1. The smallest absolute Gasteiger partial charge is 0.170 e. The molecule has 0 unspecified atom stereocenters. The van der Waals surface area contributed by atoms with Gasteiger partial charge in [-0.05, 0) is 12.5 Å². The highest BCUT2D eigenvalue weighted by Crippen LogP contribution is 2.28. The number of halogens is 2. The lowest BCUT2D eigenvalue weighted by Crippen LogP contribution is -2.11. The van der Waals surface area contributed by atoms with Crippen LogP contribution in [0.4, 0.5) is 10.1 Å². The van der Waals surface area contributed by atoms with Crippen molar-refractivity contribution in [3.05, 3.63) is 23.0 Å². The molecule has 0 radical (unpaired) electrons. The monoisotopic (exact) mass is 273 g/mol. The first-order valence-corrected chi connectivity index (χ1v) is 6.31. The Kier molecular flexibility index (Phi) is 5.92. The number of hydrogen-bond donors (Lipinski definition) is 1. The molecule has 0 spiro atoms. The van der Waals surface area contributed by atoms with Crippen molar-refractivity contribution in [2.75, 3.05) is 12.3 Å². The maximum Gasteiger partial charge on any atom is 0.170 e. The van der Waals surface area contributed by atoms with E-state index in [1.54, 1.807) is 0 Å². The van der Waals surface area contributed by atoms with Crippen LogP contribution in [0.1, 0.15) is 32.6 Å². The van der Waals surface area contributed by atoms with Crippen molar-refractivity contribution in [2.24, 2.45) is 0 Å². The molecule has 0 aliphatic carbocycles. The van der Waals surface area contributed by atoms with Crippen molar-refractivity contribution >= 4 is 23.1 Å². The summed E-state index contributed by atoms with van der Waals surface area (Å²) in [6.45, 7) is 2.01. The Bertz CT molecular complexity index is 424. The van der Waals surface area contributed by atoms with Crippen molar-refractivity contribution in [3.8, 4) is 5.75 Å². The zero-order chi connectivity index (χ0) is 13.5. The largest absolute Gasteiger partial charge is 0.484 e. The average molecular weight is 274 g/mol. The summed E-state index contributed by atoms with van der Waals surface area (Å²) in [7, 11) is 0. The molecule has 0 heterocycles. The van der Waals surface area contributed by atoms with Crippen LogP contribution in [0, 0.1) is 5.82 Å². The van der Waals surface area contributed by atoms with Gasteiger partial charge < -0.3 is 10.5 Å². The minimum Gasteiger partial charge on any atom is -0.484 e. The molecule has 1 aromatic carbocycles. The van der Waals surface area contributed by atoms with E-state index in [0.29, 0.717) is 6.42 Å². The molecule has 18 heavy (non-hydrogen) atoms. The Morgan fingerprint density at radius 1 is 1.44 bits per heavy atom. The second kappa shape index (κ2) is 7.21. The molecule has 100 valence electrons. The number of ether oxygens (including phenoxy) is 1. The number of rotatable bonds is 7. The normalized spacial score (nSPS) is 10.4. The summed E-state index contributed by atoms with van der Waals surface area (Å²) >= 11 is 5.78. The fraction of sp³-hybridized carbons (Fsp3) is 0.462. The van der Waals surface area contributed by atoms with Crippen LogP contribution in [0.2, 0.25) is 5.02 Å². The molecular weight excluding hydrogens is 257 g/mol. The predicted octanol–water partition coefficient (Wildman–Crippen LogP) is 3.59. The minimum absolute atomic E-state index is 0.00223. The van der Waals surface area contributed by atoms with Crippen LogP contribution < -0.4 is 10.5 Å². The number of hydrogen-bond acceptors (Lipinski definition) is 3. The highest BCUT2D eigenvalue weighted by molar-refractivity contribution is 6.32. The highest BCUT2D eigenvalue weighted by atomic mass is 35.5. The molecule has 0 aromatic heterocycles. The number of nitrogens with two attached hydrogens (primary N) is 1. The number of nitrogen functional groups attached to an aromatic ring is 1. The van der Waals surface area contributed by atoms with Gasteiger partial charge in [-0.25, -0.2) is 4.39 Å². The van der Waals surface area contributed by atoms with Gasteiger partial charge in [0.05, 0.1) is 10.7 Å². The van der Waals surface area contributed by atoms with Gasteiger partial charge in [-0.15, -0.1) is 0 Å². The molecule has 0 atom stereocenters. The van der Waals surface area contributed by atoms with E-state index in [1.165, 1.54) is 6.07 Å². The molecule has 1 rings (SSSR count). The SMILES string of the molecule is CCCCCC(=O)COc1cc(N)c(F)cc1Cl. The maximum atomic E-state index is 13.0. The quantitative estimate of drug-likeness (QED) is 0.610. The topological polar surface area (TPSA) is 52.3 Å². The van der Waals surface area contributed by atoms with E-state index in [-0.39, 0.29) is 28.8 Å². The Morgan fingerprint density at radius 2 is 2.17 bits per heavy atom. The van der Waals surface area contributed by atoms with Crippen LogP contribution in [0.15, 0.2) is 12.1 Å². The lowest BCUT2D eigenvalue weighted by molar-refractivity contribution is -0.121. The number of carbonyl (C=O) groups excluding carboxylic acids is 1. The predicted molar refractivity (Wildman–Crippen MR) is 70.5 cm³/mol. The van der Waals surface area contributed by atoms with Crippen LogP contribution in [-0.2, 0) is 4.79 Å². The first-order valence-electron chi connectivity index (χ1n) is 5.93. The summed E-state index contributed by atoms with van der Waals surface area (Å²) in [6.07, 6.45) is 3.44. The fourth-order valence-electron chi connectivity index (χ4n) is 1.46. The van der Waals surface area contributed by atoms with Gasteiger partial charge in [-0.3, -0.25) is 4.79 Å².